The highest BCUT2D eigenvalue weighted by molar-refractivity contribution is 7.16. The molecule has 0 aliphatic carbocycles. The van der Waals surface area contributed by atoms with E-state index in [2.05, 4.69) is 17.0 Å². The summed E-state index contributed by atoms with van der Waals surface area (Å²) in [7, 11) is 1.61. The van der Waals surface area contributed by atoms with Gasteiger partial charge < -0.3 is 23.7 Å². The van der Waals surface area contributed by atoms with Crippen LogP contribution in [-0.4, -0.2) is 45.0 Å². The fourth-order valence-corrected chi connectivity index (χ4v) is 6.16. The Kier molecular flexibility index (Phi) is 5.95. The van der Waals surface area contributed by atoms with Gasteiger partial charge in [0.25, 0.3) is 0 Å². The van der Waals surface area contributed by atoms with Gasteiger partial charge in [-0.15, -0.1) is 11.3 Å². The van der Waals surface area contributed by atoms with Gasteiger partial charge in [-0.25, -0.2) is 14.5 Å². The molecule has 11 heteroatoms. The molecule has 0 radical (unpaired) electrons. The van der Waals surface area contributed by atoms with E-state index in [0.717, 1.165) is 37.4 Å². The third kappa shape index (κ3) is 4.15. The normalized spacial score (nSPS) is 15.7. The van der Waals surface area contributed by atoms with Gasteiger partial charge in [-0.2, -0.15) is 5.10 Å². The van der Waals surface area contributed by atoms with Crippen molar-refractivity contribution in [2.45, 2.75) is 45.3 Å². The number of imidazole rings is 1. The molecule has 5 aromatic rings. The summed E-state index contributed by atoms with van der Waals surface area (Å²) in [6.07, 6.45) is 3.86. The minimum absolute atomic E-state index is 0.265. The highest BCUT2D eigenvalue weighted by Gasteiger charge is 2.35. The Morgan fingerprint density at radius 1 is 1.17 bits per heavy atom. The second-order valence-corrected chi connectivity index (χ2v) is 11.0. The highest BCUT2D eigenvalue weighted by Crippen LogP contribution is 2.39. The van der Waals surface area contributed by atoms with Crippen LogP contribution in [0.15, 0.2) is 28.8 Å². The molecule has 188 valence electrons. The Balaban J connectivity index is 1.29. The molecular formula is C25H26N4O5S2. The first-order chi connectivity index (χ1) is 17.5. The number of ether oxygens (including phenoxy) is 3. The number of furan rings is 1. The van der Waals surface area contributed by atoms with Gasteiger partial charge in [0.1, 0.15) is 45.0 Å². The van der Waals surface area contributed by atoms with E-state index in [1.807, 2.05) is 31.3 Å². The van der Waals surface area contributed by atoms with E-state index < -0.39 is 5.60 Å². The molecule has 1 N–H and O–H groups in total. The van der Waals surface area contributed by atoms with Gasteiger partial charge in [0.15, 0.2) is 5.76 Å². The lowest BCUT2D eigenvalue weighted by Gasteiger charge is -2.29. The van der Waals surface area contributed by atoms with Crippen LogP contribution in [-0.2, 0) is 23.4 Å². The van der Waals surface area contributed by atoms with Crippen molar-refractivity contribution < 1.29 is 23.7 Å². The number of rotatable bonds is 7. The average Bonchev–Trinajstić information content (AvgIpc) is 3.64. The summed E-state index contributed by atoms with van der Waals surface area (Å²) in [5.41, 5.74) is 1.23. The van der Waals surface area contributed by atoms with Crippen LogP contribution in [0.3, 0.4) is 0 Å². The summed E-state index contributed by atoms with van der Waals surface area (Å²) in [6, 6.07) is 5.61. The molecule has 0 spiro atoms. The van der Waals surface area contributed by atoms with Crippen molar-refractivity contribution in [3.05, 3.63) is 45.0 Å². The Bertz CT molecular complexity index is 1510. The van der Waals surface area contributed by atoms with Crippen LogP contribution in [0.4, 0.5) is 0 Å². The predicted octanol–water partition coefficient (Wildman–Crippen LogP) is 5.12. The maximum absolute atomic E-state index is 11.0. The quantitative estimate of drug-likeness (QED) is 0.312. The van der Waals surface area contributed by atoms with Crippen LogP contribution < -0.4 is 9.47 Å². The molecule has 1 fully saturated rings. The zero-order valence-corrected chi connectivity index (χ0v) is 21.9. The van der Waals surface area contributed by atoms with Crippen LogP contribution in [0.25, 0.3) is 27.4 Å². The van der Waals surface area contributed by atoms with Crippen LogP contribution in [0.5, 0.6) is 11.5 Å². The van der Waals surface area contributed by atoms with Gasteiger partial charge in [-0.3, -0.25) is 0 Å². The van der Waals surface area contributed by atoms with Crippen molar-refractivity contribution in [3.8, 4) is 23.0 Å². The average molecular weight is 527 g/mol. The highest BCUT2D eigenvalue weighted by atomic mass is 32.1. The molecule has 36 heavy (non-hydrogen) atoms. The van der Waals surface area contributed by atoms with Gasteiger partial charge in [-0.05, 0) is 19.4 Å². The molecule has 0 saturated carbocycles. The van der Waals surface area contributed by atoms with Crippen LogP contribution >= 0.6 is 22.7 Å². The second kappa shape index (κ2) is 9.15. The summed E-state index contributed by atoms with van der Waals surface area (Å²) in [5.74, 6) is 1.89. The lowest BCUT2D eigenvalue weighted by molar-refractivity contribution is -0.0681. The van der Waals surface area contributed by atoms with E-state index in [-0.39, 0.29) is 6.61 Å². The third-order valence-electron chi connectivity index (χ3n) is 6.42. The SMILES string of the molecule is CCc1nn2cc(-c3cc4c(OCc5nc(C6(O)CCOCC6)sc5C)cc(OC)cc4o3)nc2s1. The molecule has 1 aromatic carbocycles. The summed E-state index contributed by atoms with van der Waals surface area (Å²) in [5, 5.41) is 18.2. The fraction of sp³-hybridized carbons (Fsp3) is 0.400. The van der Waals surface area contributed by atoms with Crippen molar-refractivity contribution in [1.29, 1.82) is 0 Å². The first kappa shape index (κ1) is 23.4. The van der Waals surface area contributed by atoms with E-state index in [4.69, 9.17) is 23.6 Å². The number of aryl methyl sites for hydroxylation is 2. The van der Waals surface area contributed by atoms with Gasteiger partial charge in [0.2, 0.25) is 4.96 Å². The predicted molar refractivity (Wildman–Crippen MR) is 137 cm³/mol. The van der Waals surface area contributed by atoms with Crippen molar-refractivity contribution in [2.24, 2.45) is 0 Å². The summed E-state index contributed by atoms with van der Waals surface area (Å²) >= 11 is 3.09. The summed E-state index contributed by atoms with van der Waals surface area (Å²) in [4.78, 5) is 11.3. The third-order valence-corrected chi connectivity index (χ3v) is 8.70. The molecule has 6 rings (SSSR count). The van der Waals surface area contributed by atoms with Crippen LogP contribution in [0.1, 0.15) is 40.4 Å². The lowest BCUT2D eigenvalue weighted by atomic mass is 9.95. The first-order valence-corrected chi connectivity index (χ1v) is 13.5. The second-order valence-electron chi connectivity index (χ2n) is 8.81. The largest absolute Gasteiger partial charge is 0.496 e. The molecule has 1 saturated heterocycles. The maximum atomic E-state index is 11.0. The van der Waals surface area contributed by atoms with E-state index in [9.17, 15) is 5.11 Å². The summed E-state index contributed by atoms with van der Waals surface area (Å²) in [6.45, 7) is 5.42. The number of hydrogen-bond acceptors (Lipinski definition) is 10. The van der Waals surface area contributed by atoms with Gasteiger partial charge >= 0.3 is 0 Å². The molecule has 4 aromatic heterocycles. The lowest BCUT2D eigenvalue weighted by Crippen LogP contribution is -2.33. The number of aliphatic hydroxyl groups is 1. The molecule has 9 nitrogen and oxygen atoms in total. The van der Waals surface area contributed by atoms with Crippen molar-refractivity contribution in [2.75, 3.05) is 20.3 Å². The molecule has 0 bridgehead atoms. The number of fused-ring (bicyclic) bond motifs is 2. The Morgan fingerprint density at radius 2 is 2.00 bits per heavy atom. The van der Waals surface area contributed by atoms with E-state index in [1.165, 1.54) is 11.3 Å². The molecule has 5 heterocycles. The monoisotopic (exact) mass is 526 g/mol. The number of methoxy groups -OCH3 is 1. The van der Waals surface area contributed by atoms with Crippen molar-refractivity contribution in [1.82, 2.24) is 19.6 Å². The maximum Gasteiger partial charge on any atom is 0.212 e. The molecule has 0 unspecified atom stereocenters. The molecule has 1 aliphatic rings. The van der Waals surface area contributed by atoms with E-state index in [0.29, 0.717) is 54.6 Å². The molecule has 1 aliphatic heterocycles. The molecule has 0 amide bonds. The number of aromatic nitrogens is 4. The fourth-order valence-electron chi connectivity index (χ4n) is 4.28. The Morgan fingerprint density at radius 3 is 2.75 bits per heavy atom. The Labute approximate surface area is 215 Å². The smallest absolute Gasteiger partial charge is 0.212 e. The zero-order valence-electron chi connectivity index (χ0n) is 20.2. The Hall–Kier alpha value is -2.99. The van der Waals surface area contributed by atoms with Crippen molar-refractivity contribution in [3.63, 3.8) is 0 Å². The van der Waals surface area contributed by atoms with Gasteiger partial charge in [-0.1, -0.05) is 18.3 Å². The topological polar surface area (TPSA) is 104 Å². The zero-order chi connectivity index (χ0) is 24.9. The van der Waals surface area contributed by atoms with Crippen molar-refractivity contribution >= 4 is 38.6 Å². The minimum Gasteiger partial charge on any atom is -0.496 e. The molecular weight excluding hydrogens is 500 g/mol. The standard InChI is InChI=1S/C25H26N4O5S2/c1-4-22-28-29-12-17(27-24(29)36-22)21-11-16-19(9-15(31-3)10-20(16)34-21)33-13-18-14(2)35-23(26-18)25(30)5-7-32-8-6-25/h9-12,30H,4-8,13H2,1-3H3. The van der Waals surface area contributed by atoms with Crippen LogP contribution in [0, 0.1) is 6.92 Å². The minimum atomic E-state index is -0.931. The van der Waals surface area contributed by atoms with Crippen LogP contribution in [0.2, 0.25) is 0 Å². The number of hydrogen-bond donors (Lipinski definition) is 1. The van der Waals surface area contributed by atoms with E-state index in [1.54, 1.807) is 23.0 Å². The number of nitrogens with zero attached hydrogens (tertiary/aromatic N) is 4. The number of thiazole rings is 1. The van der Waals surface area contributed by atoms with E-state index >= 15 is 0 Å². The molecule has 0 atom stereocenters. The first-order valence-electron chi connectivity index (χ1n) is 11.8. The number of benzene rings is 1. The van der Waals surface area contributed by atoms with Gasteiger partial charge in [0.05, 0.1) is 24.4 Å². The van der Waals surface area contributed by atoms with Gasteiger partial charge in [0, 0.05) is 43.1 Å². The summed E-state index contributed by atoms with van der Waals surface area (Å²) < 4.78 is 25.1.